The van der Waals surface area contributed by atoms with E-state index < -0.39 is 17.3 Å². The van der Waals surface area contributed by atoms with Crippen molar-refractivity contribution in [2.45, 2.75) is 33.1 Å². The first kappa shape index (κ1) is 16.5. The number of hydrogen-bond acceptors (Lipinski definition) is 3. The zero-order chi connectivity index (χ0) is 16.2. The molecule has 1 amide bonds. The van der Waals surface area contributed by atoms with Crippen LogP contribution in [-0.2, 0) is 20.7 Å². The van der Waals surface area contributed by atoms with Crippen LogP contribution in [0.2, 0.25) is 0 Å². The third kappa shape index (κ3) is 4.07. The van der Waals surface area contributed by atoms with E-state index in [2.05, 4.69) is 5.32 Å². The van der Waals surface area contributed by atoms with Crippen LogP contribution >= 0.6 is 0 Å². The monoisotopic (exact) mass is 305 g/mol. The Labute approximate surface area is 130 Å². The second-order valence-corrected chi connectivity index (χ2v) is 6.31. The zero-order valence-corrected chi connectivity index (χ0v) is 13.1. The van der Waals surface area contributed by atoms with E-state index in [9.17, 15) is 9.59 Å². The van der Waals surface area contributed by atoms with E-state index in [1.54, 1.807) is 6.92 Å². The number of amides is 1. The molecule has 2 rings (SSSR count). The molecule has 0 aromatic heterocycles. The standard InChI is InChI=1S/C17H23NO4/c1-12(15(19)20)10-13-4-6-14(7-5-13)18-16(21)17(2)8-3-9-22-11-17/h4-7,12H,3,8-11H2,1-2H3,(H,18,21)(H,19,20). The Hall–Kier alpha value is -1.88. The van der Waals surface area contributed by atoms with Gasteiger partial charge in [0.05, 0.1) is 17.9 Å². The molecule has 1 saturated heterocycles. The molecule has 5 nitrogen and oxygen atoms in total. The molecule has 0 aliphatic carbocycles. The number of nitrogens with one attached hydrogen (secondary N) is 1. The van der Waals surface area contributed by atoms with Gasteiger partial charge in [-0.1, -0.05) is 19.1 Å². The zero-order valence-electron chi connectivity index (χ0n) is 13.1. The average molecular weight is 305 g/mol. The minimum absolute atomic E-state index is 0.0288. The highest BCUT2D eigenvalue weighted by Gasteiger charge is 2.35. The minimum atomic E-state index is -0.803. The number of rotatable bonds is 5. The predicted molar refractivity (Wildman–Crippen MR) is 83.7 cm³/mol. The van der Waals surface area contributed by atoms with Crippen LogP contribution in [0.15, 0.2) is 24.3 Å². The molecule has 22 heavy (non-hydrogen) atoms. The number of ether oxygens (including phenoxy) is 1. The van der Waals surface area contributed by atoms with E-state index in [4.69, 9.17) is 9.84 Å². The van der Waals surface area contributed by atoms with Crippen LogP contribution in [0.4, 0.5) is 5.69 Å². The van der Waals surface area contributed by atoms with Crippen molar-refractivity contribution in [3.05, 3.63) is 29.8 Å². The van der Waals surface area contributed by atoms with E-state index in [0.717, 1.165) is 30.7 Å². The van der Waals surface area contributed by atoms with Gasteiger partial charge in [-0.25, -0.2) is 0 Å². The number of carboxylic acid groups (broad SMARTS) is 1. The van der Waals surface area contributed by atoms with E-state index in [1.807, 2.05) is 31.2 Å². The van der Waals surface area contributed by atoms with Crippen molar-refractivity contribution < 1.29 is 19.4 Å². The lowest BCUT2D eigenvalue weighted by atomic mass is 9.84. The van der Waals surface area contributed by atoms with Gasteiger partial charge in [0.15, 0.2) is 0 Å². The Morgan fingerprint density at radius 2 is 2.05 bits per heavy atom. The van der Waals surface area contributed by atoms with Crippen LogP contribution in [0.25, 0.3) is 0 Å². The lowest BCUT2D eigenvalue weighted by Gasteiger charge is -2.31. The van der Waals surface area contributed by atoms with Gasteiger partial charge in [0.25, 0.3) is 0 Å². The molecule has 1 aliphatic rings. The molecule has 1 heterocycles. The molecule has 120 valence electrons. The third-order valence-corrected chi connectivity index (χ3v) is 4.16. The molecule has 0 radical (unpaired) electrons. The van der Waals surface area contributed by atoms with E-state index in [1.165, 1.54) is 0 Å². The number of benzene rings is 1. The summed E-state index contributed by atoms with van der Waals surface area (Å²) >= 11 is 0. The third-order valence-electron chi connectivity index (χ3n) is 4.16. The number of carboxylic acids is 1. The van der Waals surface area contributed by atoms with E-state index in [0.29, 0.717) is 13.0 Å². The SMILES string of the molecule is CC(Cc1ccc(NC(=O)C2(C)CCCOC2)cc1)C(=O)O. The van der Waals surface area contributed by atoms with Crippen molar-refractivity contribution in [1.29, 1.82) is 0 Å². The van der Waals surface area contributed by atoms with Crippen molar-refractivity contribution in [3.63, 3.8) is 0 Å². The summed E-state index contributed by atoms with van der Waals surface area (Å²) in [5.41, 5.74) is 1.19. The summed E-state index contributed by atoms with van der Waals surface area (Å²) in [5, 5.41) is 11.8. The summed E-state index contributed by atoms with van der Waals surface area (Å²) in [7, 11) is 0. The first-order valence-electron chi connectivity index (χ1n) is 7.62. The molecule has 1 aliphatic heterocycles. The Kier molecular flexibility index (Phi) is 5.19. The van der Waals surface area contributed by atoms with Crippen LogP contribution in [0.3, 0.4) is 0 Å². The molecule has 0 bridgehead atoms. The first-order chi connectivity index (χ1) is 10.4. The smallest absolute Gasteiger partial charge is 0.306 e. The molecule has 2 N–H and O–H groups in total. The summed E-state index contributed by atoms with van der Waals surface area (Å²) < 4.78 is 5.41. The van der Waals surface area contributed by atoms with Gasteiger partial charge in [-0.15, -0.1) is 0 Å². The highest BCUT2D eigenvalue weighted by Crippen LogP contribution is 2.29. The van der Waals surface area contributed by atoms with Gasteiger partial charge in [-0.3, -0.25) is 9.59 Å². The van der Waals surface area contributed by atoms with E-state index >= 15 is 0 Å². The Morgan fingerprint density at radius 3 is 2.59 bits per heavy atom. The van der Waals surface area contributed by atoms with Crippen molar-refractivity contribution >= 4 is 17.6 Å². The maximum Gasteiger partial charge on any atom is 0.306 e. The summed E-state index contributed by atoms with van der Waals surface area (Å²) in [6, 6.07) is 7.34. The van der Waals surface area contributed by atoms with Gasteiger partial charge in [-0.2, -0.15) is 0 Å². The van der Waals surface area contributed by atoms with Gasteiger partial charge < -0.3 is 15.2 Å². The van der Waals surface area contributed by atoms with Crippen molar-refractivity contribution in [2.24, 2.45) is 11.3 Å². The molecular weight excluding hydrogens is 282 g/mol. The molecule has 2 atom stereocenters. The topological polar surface area (TPSA) is 75.6 Å². The normalized spacial score (nSPS) is 22.8. The van der Waals surface area contributed by atoms with Gasteiger partial charge in [0.2, 0.25) is 5.91 Å². The number of aliphatic carboxylic acids is 1. The lowest BCUT2D eigenvalue weighted by molar-refractivity contribution is -0.141. The van der Waals surface area contributed by atoms with Crippen molar-refractivity contribution in [1.82, 2.24) is 0 Å². The van der Waals surface area contributed by atoms with Crippen LogP contribution in [0.5, 0.6) is 0 Å². The Morgan fingerprint density at radius 1 is 1.36 bits per heavy atom. The molecule has 2 unspecified atom stereocenters. The highest BCUT2D eigenvalue weighted by molar-refractivity contribution is 5.95. The predicted octanol–water partition coefficient (Wildman–Crippen LogP) is 2.71. The van der Waals surface area contributed by atoms with Crippen LogP contribution in [0, 0.1) is 11.3 Å². The fourth-order valence-electron chi connectivity index (χ4n) is 2.56. The van der Waals surface area contributed by atoms with Gasteiger partial charge in [0.1, 0.15) is 0 Å². The summed E-state index contributed by atoms with van der Waals surface area (Å²) in [4.78, 5) is 23.2. The largest absolute Gasteiger partial charge is 0.481 e. The summed E-state index contributed by atoms with van der Waals surface area (Å²) in [6.07, 6.45) is 2.21. The number of hydrogen-bond donors (Lipinski definition) is 2. The minimum Gasteiger partial charge on any atom is -0.481 e. The molecule has 1 fully saturated rings. The number of carbonyl (C=O) groups excluding carboxylic acids is 1. The summed E-state index contributed by atoms with van der Waals surface area (Å²) in [5.74, 6) is -1.25. The van der Waals surface area contributed by atoms with Crippen LogP contribution in [-0.4, -0.2) is 30.2 Å². The number of anilines is 1. The molecule has 0 spiro atoms. The van der Waals surface area contributed by atoms with Crippen LogP contribution in [0.1, 0.15) is 32.3 Å². The maximum absolute atomic E-state index is 12.4. The Balaban J connectivity index is 1.96. The highest BCUT2D eigenvalue weighted by atomic mass is 16.5. The lowest BCUT2D eigenvalue weighted by Crippen LogP contribution is -2.40. The number of carbonyl (C=O) groups is 2. The van der Waals surface area contributed by atoms with Crippen molar-refractivity contribution in [3.8, 4) is 0 Å². The molecule has 0 saturated carbocycles. The maximum atomic E-state index is 12.4. The second kappa shape index (κ2) is 6.92. The first-order valence-corrected chi connectivity index (χ1v) is 7.62. The summed E-state index contributed by atoms with van der Waals surface area (Å²) in [6.45, 7) is 4.78. The Bertz CT molecular complexity index is 532. The van der Waals surface area contributed by atoms with E-state index in [-0.39, 0.29) is 5.91 Å². The van der Waals surface area contributed by atoms with Crippen LogP contribution < -0.4 is 5.32 Å². The quantitative estimate of drug-likeness (QED) is 0.877. The average Bonchev–Trinajstić information content (AvgIpc) is 2.49. The second-order valence-electron chi connectivity index (χ2n) is 6.31. The van der Waals surface area contributed by atoms with Crippen molar-refractivity contribution in [2.75, 3.05) is 18.5 Å². The molecule has 1 aromatic carbocycles. The van der Waals surface area contributed by atoms with Gasteiger partial charge in [0, 0.05) is 12.3 Å². The fourth-order valence-corrected chi connectivity index (χ4v) is 2.56. The van der Waals surface area contributed by atoms with Gasteiger partial charge in [-0.05, 0) is 43.9 Å². The fraction of sp³-hybridized carbons (Fsp3) is 0.529. The molecule has 5 heteroatoms. The molecule has 1 aromatic rings. The van der Waals surface area contributed by atoms with Gasteiger partial charge >= 0.3 is 5.97 Å². The molecular formula is C17H23NO4.